The van der Waals surface area contributed by atoms with E-state index in [1.165, 1.54) is 10.9 Å². The molecule has 1 aromatic heterocycles. The van der Waals surface area contributed by atoms with Crippen LogP contribution in [0.5, 0.6) is 0 Å². The number of fused-ring (bicyclic) bond motifs is 1. The van der Waals surface area contributed by atoms with Gasteiger partial charge in [0.05, 0.1) is 11.7 Å². The number of aryl methyl sites for hydroxylation is 1. The van der Waals surface area contributed by atoms with Crippen molar-refractivity contribution in [3.8, 4) is 0 Å². The Morgan fingerprint density at radius 1 is 1.33 bits per heavy atom. The van der Waals surface area contributed by atoms with Gasteiger partial charge in [-0.15, -0.1) is 0 Å². The molecule has 2 nitrogen and oxygen atoms in total. The van der Waals surface area contributed by atoms with Crippen LogP contribution >= 0.6 is 12.6 Å². The lowest BCUT2D eigenvalue weighted by atomic mass is 10.2. The molecule has 0 unspecified atom stereocenters. The molecule has 64 valence electrons. The lowest BCUT2D eigenvalue weighted by Gasteiger charge is -1.89. The van der Waals surface area contributed by atoms with Crippen LogP contribution in [0.4, 0.5) is 0 Å². The van der Waals surface area contributed by atoms with Gasteiger partial charge in [-0.25, -0.2) is 0 Å². The summed E-state index contributed by atoms with van der Waals surface area (Å²) in [4.78, 5) is 0. The fourth-order valence-corrected chi connectivity index (χ4v) is 1.05. The van der Waals surface area contributed by atoms with E-state index in [0.29, 0.717) is 0 Å². The molecule has 0 amide bonds. The molecule has 0 fully saturated rings. The Morgan fingerprint density at radius 2 is 2.08 bits per heavy atom. The molecule has 0 radical (unpaired) electrons. The minimum atomic E-state index is 1.11. The number of benzene rings is 1. The second-order valence-electron chi connectivity index (χ2n) is 2.46. The molecule has 1 aromatic carbocycles. The van der Waals surface area contributed by atoms with Crippen molar-refractivity contribution in [2.45, 2.75) is 6.92 Å². The highest BCUT2D eigenvalue weighted by Gasteiger charge is 1.92. The van der Waals surface area contributed by atoms with E-state index in [1.807, 2.05) is 6.20 Å². The van der Waals surface area contributed by atoms with Crippen molar-refractivity contribution in [1.29, 1.82) is 0 Å². The third-order valence-electron chi connectivity index (χ3n) is 1.60. The van der Waals surface area contributed by atoms with Gasteiger partial charge in [-0.2, -0.15) is 17.7 Å². The molecule has 3 heteroatoms. The summed E-state index contributed by atoms with van der Waals surface area (Å²) >= 11 is 3.53. The minimum Gasteiger partial charge on any atom is -0.278 e. The van der Waals surface area contributed by atoms with Gasteiger partial charge in [0.1, 0.15) is 0 Å². The summed E-state index contributed by atoms with van der Waals surface area (Å²) in [6.45, 7) is 2.07. The smallest absolute Gasteiger partial charge is 0.0652 e. The molecule has 0 aliphatic rings. The number of nitrogens with one attached hydrogen (secondary N) is 1. The Bertz CT molecular complexity index is 354. The van der Waals surface area contributed by atoms with Gasteiger partial charge < -0.3 is 0 Å². The fourth-order valence-electron chi connectivity index (χ4n) is 1.05. The molecular weight excluding hydrogens is 168 g/mol. The van der Waals surface area contributed by atoms with Gasteiger partial charge in [-0.05, 0) is 24.8 Å². The Labute approximate surface area is 77.4 Å². The van der Waals surface area contributed by atoms with Crippen LogP contribution in [0.2, 0.25) is 0 Å². The normalized spacial score (nSPS) is 9.25. The molecule has 0 spiro atoms. The van der Waals surface area contributed by atoms with Gasteiger partial charge in [0.2, 0.25) is 0 Å². The number of nitrogens with zero attached hydrogens (tertiary/aromatic N) is 1. The topological polar surface area (TPSA) is 28.7 Å². The molecule has 0 saturated carbocycles. The van der Waals surface area contributed by atoms with Crippen LogP contribution in [0.25, 0.3) is 10.9 Å². The van der Waals surface area contributed by atoms with Gasteiger partial charge in [0.25, 0.3) is 0 Å². The summed E-state index contributed by atoms with van der Waals surface area (Å²) in [6.07, 6.45) is 3.52. The van der Waals surface area contributed by atoms with E-state index in [9.17, 15) is 0 Å². The van der Waals surface area contributed by atoms with Gasteiger partial charge in [-0.3, -0.25) is 5.10 Å². The third kappa shape index (κ3) is 1.80. The van der Waals surface area contributed by atoms with Crippen LogP contribution < -0.4 is 0 Å². The average Bonchev–Trinajstić information content (AvgIpc) is 2.54. The summed E-state index contributed by atoms with van der Waals surface area (Å²) in [5.74, 6) is 0. The maximum Gasteiger partial charge on any atom is 0.0652 e. The van der Waals surface area contributed by atoms with E-state index in [2.05, 4.69) is 47.9 Å². The van der Waals surface area contributed by atoms with Gasteiger partial charge >= 0.3 is 0 Å². The zero-order valence-electron chi connectivity index (χ0n) is 7.20. The quantitative estimate of drug-likeness (QED) is 0.599. The van der Waals surface area contributed by atoms with Gasteiger partial charge in [0, 0.05) is 5.39 Å². The van der Waals surface area contributed by atoms with E-state index in [1.54, 1.807) is 6.26 Å². The van der Waals surface area contributed by atoms with E-state index in [4.69, 9.17) is 0 Å². The number of H-pyrrole nitrogens is 1. The van der Waals surface area contributed by atoms with Crippen molar-refractivity contribution in [3.05, 3.63) is 30.0 Å². The molecule has 1 N–H and O–H groups in total. The molecule has 0 saturated heterocycles. The van der Waals surface area contributed by atoms with Crippen LogP contribution in [-0.4, -0.2) is 16.5 Å². The number of thiol groups is 1. The highest BCUT2D eigenvalue weighted by molar-refractivity contribution is 7.79. The van der Waals surface area contributed by atoms with Crippen LogP contribution in [-0.2, 0) is 0 Å². The Hall–Kier alpha value is -0.960. The van der Waals surface area contributed by atoms with Crippen molar-refractivity contribution in [2.75, 3.05) is 6.26 Å². The van der Waals surface area contributed by atoms with Crippen molar-refractivity contribution in [3.63, 3.8) is 0 Å². The second-order valence-corrected chi connectivity index (χ2v) is 2.46. The fraction of sp³-hybridized carbons (Fsp3) is 0.222. The highest BCUT2D eigenvalue weighted by Crippen LogP contribution is 2.10. The summed E-state index contributed by atoms with van der Waals surface area (Å²) in [5.41, 5.74) is 2.37. The summed E-state index contributed by atoms with van der Waals surface area (Å²) in [7, 11) is 0. The standard InChI is InChI=1S/C8H8N2.CH4S/c1-6-2-3-7-5-9-10-8(7)4-6;1-2/h2-5H,1H3,(H,9,10);2H,1H3. The molecule has 2 rings (SSSR count). The molecule has 0 bridgehead atoms. The monoisotopic (exact) mass is 180 g/mol. The summed E-state index contributed by atoms with van der Waals surface area (Å²) in [5, 5.41) is 8.00. The van der Waals surface area contributed by atoms with Gasteiger partial charge in [-0.1, -0.05) is 12.1 Å². The largest absolute Gasteiger partial charge is 0.278 e. The summed E-state index contributed by atoms with van der Waals surface area (Å²) < 4.78 is 0. The van der Waals surface area contributed by atoms with Crippen molar-refractivity contribution < 1.29 is 0 Å². The molecule has 2 aromatic rings. The van der Waals surface area contributed by atoms with Gasteiger partial charge in [0.15, 0.2) is 0 Å². The maximum absolute atomic E-state index is 3.92. The lowest BCUT2D eigenvalue weighted by molar-refractivity contribution is 1.12. The summed E-state index contributed by atoms with van der Waals surface area (Å²) in [6, 6.07) is 6.23. The number of hydrogen-bond acceptors (Lipinski definition) is 2. The van der Waals surface area contributed by atoms with Crippen LogP contribution in [0.1, 0.15) is 5.56 Å². The first-order valence-electron chi connectivity index (χ1n) is 3.71. The van der Waals surface area contributed by atoms with Crippen LogP contribution in [0, 0.1) is 6.92 Å². The van der Waals surface area contributed by atoms with Crippen LogP contribution in [0.15, 0.2) is 24.4 Å². The molecule has 0 aliphatic carbocycles. The Balaban J connectivity index is 0.000000336. The number of rotatable bonds is 0. The van der Waals surface area contributed by atoms with E-state index >= 15 is 0 Å². The zero-order valence-corrected chi connectivity index (χ0v) is 8.10. The average molecular weight is 180 g/mol. The zero-order chi connectivity index (χ0) is 8.97. The van der Waals surface area contributed by atoms with Crippen LogP contribution in [0.3, 0.4) is 0 Å². The second kappa shape index (κ2) is 4.16. The molecule has 0 aliphatic heterocycles. The predicted octanol–water partition coefficient (Wildman–Crippen LogP) is 2.42. The first-order valence-corrected chi connectivity index (χ1v) is 4.60. The number of hydrogen-bond donors (Lipinski definition) is 2. The first kappa shape index (κ1) is 9.13. The Kier molecular flexibility index (Phi) is 3.17. The number of aromatic amines is 1. The highest BCUT2D eigenvalue weighted by atomic mass is 32.1. The van der Waals surface area contributed by atoms with E-state index in [0.717, 1.165) is 5.52 Å². The predicted molar refractivity (Wildman–Crippen MR) is 55.7 cm³/mol. The molecule has 12 heavy (non-hydrogen) atoms. The van der Waals surface area contributed by atoms with Crippen molar-refractivity contribution >= 4 is 23.5 Å². The minimum absolute atomic E-state index is 1.11. The van der Waals surface area contributed by atoms with E-state index in [-0.39, 0.29) is 0 Å². The van der Waals surface area contributed by atoms with Crippen molar-refractivity contribution in [1.82, 2.24) is 10.2 Å². The number of aromatic nitrogens is 2. The Morgan fingerprint density at radius 3 is 2.83 bits per heavy atom. The van der Waals surface area contributed by atoms with E-state index < -0.39 is 0 Å². The molecule has 1 heterocycles. The first-order chi connectivity index (χ1) is 5.86. The SMILES string of the molecule is CS.Cc1ccc2cn[nH]c2c1. The third-order valence-corrected chi connectivity index (χ3v) is 1.60. The molecule has 0 atom stereocenters. The maximum atomic E-state index is 3.92. The van der Waals surface area contributed by atoms with Crippen molar-refractivity contribution in [2.24, 2.45) is 0 Å². The molecular formula is C9H12N2S. The lowest BCUT2D eigenvalue weighted by Crippen LogP contribution is -1.70.